The van der Waals surface area contributed by atoms with E-state index in [1.807, 2.05) is 0 Å². The van der Waals surface area contributed by atoms with Crippen LogP contribution in [0, 0.1) is 5.92 Å². The van der Waals surface area contributed by atoms with E-state index in [9.17, 15) is 0 Å². The second-order valence-electron chi connectivity index (χ2n) is 3.46. The first-order valence-corrected chi connectivity index (χ1v) is 4.18. The van der Waals surface area contributed by atoms with Gasteiger partial charge in [-0.05, 0) is 18.8 Å². The van der Waals surface area contributed by atoms with Gasteiger partial charge in [0, 0.05) is 6.04 Å². The standard InChI is InChI=1S/C7H13N5/c1-4-2-5(3-4)9-7-10-6(8)11-12-7/h4-5H,2-3H2,1H3,(H4,8,9,10,11,12). The fraction of sp³-hybridized carbons (Fsp3) is 0.714. The summed E-state index contributed by atoms with van der Waals surface area (Å²) in [7, 11) is 0. The van der Waals surface area contributed by atoms with E-state index in [1.165, 1.54) is 12.8 Å². The van der Waals surface area contributed by atoms with Crippen LogP contribution in [0.5, 0.6) is 0 Å². The molecule has 5 heteroatoms. The molecule has 1 aliphatic carbocycles. The van der Waals surface area contributed by atoms with E-state index in [-0.39, 0.29) is 0 Å². The Morgan fingerprint density at radius 3 is 2.83 bits per heavy atom. The van der Waals surface area contributed by atoms with Gasteiger partial charge in [0.25, 0.3) is 0 Å². The van der Waals surface area contributed by atoms with Crippen LogP contribution in [0.2, 0.25) is 0 Å². The van der Waals surface area contributed by atoms with Gasteiger partial charge in [0.1, 0.15) is 0 Å². The number of nitrogens with one attached hydrogen (secondary N) is 2. The molecule has 0 aliphatic heterocycles. The fourth-order valence-electron chi connectivity index (χ4n) is 1.54. The summed E-state index contributed by atoms with van der Waals surface area (Å²) in [6, 6.07) is 0.537. The van der Waals surface area contributed by atoms with Gasteiger partial charge >= 0.3 is 0 Å². The van der Waals surface area contributed by atoms with Crippen molar-refractivity contribution in [3.05, 3.63) is 0 Å². The summed E-state index contributed by atoms with van der Waals surface area (Å²) < 4.78 is 0. The Morgan fingerprint density at radius 2 is 2.33 bits per heavy atom. The summed E-state index contributed by atoms with van der Waals surface area (Å²) in [6.45, 7) is 2.24. The van der Waals surface area contributed by atoms with Crippen LogP contribution in [0.25, 0.3) is 0 Å². The highest BCUT2D eigenvalue weighted by Gasteiger charge is 2.25. The Morgan fingerprint density at radius 1 is 1.58 bits per heavy atom. The number of nitrogens with zero attached hydrogens (tertiary/aromatic N) is 2. The monoisotopic (exact) mass is 167 g/mol. The van der Waals surface area contributed by atoms with E-state index in [0.29, 0.717) is 17.9 Å². The van der Waals surface area contributed by atoms with Gasteiger partial charge < -0.3 is 11.1 Å². The van der Waals surface area contributed by atoms with Gasteiger partial charge in [-0.25, -0.2) is 5.10 Å². The third-order valence-electron chi connectivity index (χ3n) is 2.21. The molecule has 0 saturated heterocycles. The lowest BCUT2D eigenvalue weighted by Gasteiger charge is -2.32. The summed E-state index contributed by atoms with van der Waals surface area (Å²) in [6.07, 6.45) is 2.41. The molecule has 0 amide bonds. The lowest BCUT2D eigenvalue weighted by atomic mass is 9.82. The summed E-state index contributed by atoms with van der Waals surface area (Å²) in [4.78, 5) is 3.96. The third kappa shape index (κ3) is 1.34. The van der Waals surface area contributed by atoms with Crippen LogP contribution in [-0.4, -0.2) is 21.2 Å². The van der Waals surface area contributed by atoms with Crippen LogP contribution in [0.4, 0.5) is 11.9 Å². The molecule has 1 saturated carbocycles. The van der Waals surface area contributed by atoms with Crippen molar-refractivity contribution in [2.75, 3.05) is 11.1 Å². The smallest absolute Gasteiger partial charge is 0.243 e. The first-order chi connectivity index (χ1) is 5.74. The lowest BCUT2D eigenvalue weighted by molar-refractivity contribution is 0.308. The highest BCUT2D eigenvalue weighted by Crippen LogP contribution is 2.28. The van der Waals surface area contributed by atoms with E-state index in [2.05, 4.69) is 27.4 Å². The normalized spacial score (nSPS) is 28.1. The molecule has 0 spiro atoms. The van der Waals surface area contributed by atoms with Crippen molar-refractivity contribution in [1.29, 1.82) is 0 Å². The highest BCUT2D eigenvalue weighted by molar-refractivity contribution is 5.31. The third-order valence-corrected chi connectivity index (χ3v) is 2.21. The molecule has 0 atom stereocenters. The SMILES string of the molecule is CC1CC(Nc2n[nH]c(N)n2)C1. The van der Waals surface area contributed by atoms with E-state index in [0.717, 1.165) is 5.92 Å². The second kappa shape index (κ2) is 2.66. The molecule has 5 nitrogen and oxygen atoms in total. The van der Waals surface area contributed by atoms with Crippen LogP contribution >= 0.6 is 0 Å². The van der Waals surface area contributed by atoms with Crippen molar-refractivity contribution in [3.8, 4) is 0 Å². The zero-order valence-corrected chi connectivity index (χ0v) is 7.04. The van der Waals surface area contributed by atoms with Gasteiger partial charge in [0.05, 0.1) is 0 Å². The first-order valence-electron chi connectivity index (χ1n) is 4.18. The fourth-order valence-corrected chi connectivity index (χ4v) is 1.54. The van der Waals surface area contributed by atoms with E-state index in [4.69, 9.17) is 5.73 Å². The maximum absolute atomic E-state index is 5.37. The molecular formula is C7H13N5. The molecule has 12 heavy (non-hydrogen) atoms. The average molecular weight is 167 g/mol. The summed E-state index contributed by atoms with van der Waals surface area (Å²) >= 11 is 0. The zero-order chi connectivity index (χ0) is 8.55. The van der Waals surface area contributed by atoms with Crippen molar-refractivity contribution < 1.29 is 0 Å². The Labute approximate surface area is 70.8 Å². The molecule has 1 fully saturated rings. The molecular weight excluding hydrogens is 154 g/mol. The number of aromatic amines is 1. The number of nitrogen functional groups attached to an aromatic ring is 1. The van der Waals surface area contributed by atoms with Gasteiger partial charge in [0.2, 0.25) is 11.9 Å². The van der Waals surface area contributed by atoms with Crippen LogP contribution in [-0.2, 0) is 0 Å². The molecule has 4 N–H and O–H groups in total. The van der Waals surface area contributed by atoms with Crippen LogP contribution < -0.4 is 11.1 Å². The van der Waals surface area contributed by atoms with Crippen molar-refractivity contribution in [1.82, 2.24) is 15.2 Å². The summed E-state index contributed by atoms with van der Waals surface area (Å²) in [5, 5.41) is 9.67. The predicted octanol–water partition coefficient (Wildman–Crippen LogP) is 0.597. The minimum atomic E-state index is 0.366. The van der Waals surface area contributed by atoms with Crippen molar-refractivity contribution >= 4 is 11.9 Å². The van der Waals surface area contributed by atoms with Gasteiger partial charge in [-0.2, -0.15) is 4.98 Å². The lowest BCUT2D eigenvalue weighted by Crippen LogP contribution is -2.34. The van der Waals surface area contributed by atoms with Crippen LogP contribution in [0.3, 0.4) is 0 Å². The van der Waals surface area contributed by atoms with Crippen molar-refractivity contribution in [2.24, 2.45) is 5.92 Å². The number of hydrogen-bond donors (Lipinski definition) is 3. The largest absolute Gasteiger partial charge is 0.368 e. The maximum atomic E-state index is 5.37. The number of rotatable bonds is 2. The van der Waals surface area contributed by atoms with Crippen LogP contribution in [0.15, 0.2) is 0 Å². The molecule has 0 radical (unpaired) electrons. The molecule has 1 aliphatic rings. The van der Waals surface area contributed by atoms with Gasteiger partial charge in [0.15, 0.2) is 0 Å². The topological polar surface area (TPSA) is 79.6 Å². The summed E-state index contributed by atoms with van der Waals surface area (Å²) in [5.41, 5.74) is 5.37. The number of H-pyrrole nitrogens is 1. The molecule has 1 aromatic heterocycles. The number of nitrogens with two attached hydrogens (primary N) is 1. The Kier molecular flexibility index (Phi) is 1.64. The van der Waals surface area contributed by atoms with Crippen molar-refractivity contribution in [3.63, 3.8) is 0 Å². The first kappa shape index (κ1) is 7.39. The second-order valence-corrected chi connectivity index (χ2v) is 3.46. The number of hydrogen-bond acceptors (Lipinski definition) is 4. The highest BCUT2D eigenvalue weighted by atomic mass is 15.3. The van der Waals surface area contributed by atoms with E-state index >= 15 is 0 Å². The van der Waals surface area contributed by atoms with Gasteiger partial charge in [-0.3, -0.25) is 0 Å². The molecule has 1 aromatic rings. The number of aromatic nitrogens is 3. The molecule has 0 aromatic carbocycles. The zero-order valence-electron chi connectivity index (χ0n) is 7.04. The Balaban J connectivity index is 1.88. The minimum absolute atomic E-state index is 0.366. The molecule has 0 bridgehead atoms. The quantitative estimate of drug-likeness (QED) is 0.602. The maximum Gasteiger partial charge on any atom is 0.243 e. The van der Waals surface area contributed by atoms with E-state index < -0.39 is 0 Å². The molecule has 1 heterocycles. The minimum Gasteiger partial charge on any atom is -0.368 e. The van der Waals surface area contributed by atoms with Crippen LogP contribution in [0.1, 0.15) is 19.8 Å². The van der Waals surface area contributed by atoms with E-state index in [1.54, 1.807) is 0 Å². The van der Waals surface area contributed by atoms with Crippen molar-refractivity contribution in [2.45, 2.75) is 25.8 Å². The summed E-state index contributed by atoms with van der Waals surface area (Å²) in [5.74, 6) is 1.81. The molecule has 2 rings (SSSR count). The predicted molar refractivity (Wildman–Crippen MR) is 46.6 cm³/mol. The van der Waals surface area contributed by atoms with Gasteiger partial charge in [-0.1, -0.05) is 6.92 Å². The number of anilines is 2. The van der Waals surface area contributed by atoms with Gasteiger partial charge in [-0.15, -0.1) is 5.10 Å². The molecule has 66 valence electrons. The molecule has 0 unspecified atom stereocenters. The average Bonchev–Trinajstić information content (AvgIpc) is 2.33. The Hall–Kier alpha value is -1.26. The Bertz CT molecular complexity index is 263.